The molecule has 0 aliphatic rings. The number of methoxy groups -OCH3 is 3. The van der Waals surface area contributed by atoms with Gasteiger partial charge >= 0.3 is 11.9 Å². The van der Waals surface area contributed by atoms with Crippen LogP contribution in [0.1, 0.15) is 36.4 Å². The van der Waals surface area contributed by atoms with Crippen LogP contribution in [0.3, 0.4) is 0 Å². The molecule has 8 nitrogen and oxygen atoms in total. The normalized spacial score (nSPS) is 10.8. The Morgan fingerprint density at radius 2 is 0.966 bits per heavy atom. The Morgan fingerprint density at radius 1 is 0.534 bits per heavy atom. The third-order valence-corrected chi connectivity index (χ3v) is 10.6. The van der Waals surface area contributed by atoms with Gasteiger partial charge in [-0.2, -0.15) is 0 Å². The van der Waals surface area contributed by atoms with Gasteiger partial charge in [-0.3, -0.25) is 4.79 Å². The lowest BCUT2D eigenvalue weighted by molar-refractivity contribution is -0.143. The predicted octanol–water partition coefficient (Wildman–Crippen LogP) is 10.9. The van der Waals surface area contributed by atoms with Crippen LogP contribution in [0.5, 0.6) is 11.5 Å². The van der Waals surface area contributed by atoms with Crippen molar-refractivity contribution in [2.75, 3.05) is 33.3 Å². The summed E-state index contributed by atoms with van der Waals surface area (Å²) in [4.78, 5) is 21.5. The van der Waals surface area contributed by atoms with Crippen LogP contribution in [0.15, 0.2) is 133 Å². The van der Waals surface area contributed by atoms with Crippen LogP contribution in [0.2, 0.25) is 0 Å². The molecule has 2 heterocycles. The van der Waals surface area contributed by atoms with Gasteiger partial charge in [0.15, 0.2) is 6.61 Å². The minimum Gasteiger partial charge on any atom is -0.496 e. The predicted molar refractivity (Wildman–Crippen MR) is 239 cm³/mol. The summed E-state index contributed by atoms with van der Waals surface area (Å²) in [6.07, 6.45) is 1.91. The Kier molecular flexibility index (Phi) is 14.2. The molecule has 0 saturated heterocycles. The number of nitrogens with zero attached hydrogens (tertiary/aromatic N) is 2. The summed E-state index contributed by atoms with van der Waals surface area (Å²) < 4.78 is 25.3. The van der Waals surface area contributed by atoms with Crippen LogP contribution < -0.4 is 9.47 Å². The number of halogens is 1. The van der Waals surface area contributed by atoms with Crippen LogP contribution in [0, 0.1) is 0 Å². The standard InChI is InChI=1S/C24H23NO3.C22H21NO.C3H5BrO2/c1-3-19-14-21-22(28-16-23(26)27-2)13-18-11-7-8-12-20(18)24(21)25(19)15-17-9-5-4-6-10-17;1-3-18-14-20-21(24-2)13-17-11-7-8-12-19(17)22(20)23(18)15-16-9-5-4-6-10-16;1-6-3(5)2-4/h4-14H,3,15-16H2,1-2H3;4-14H,3,15H2,1-2H3;2H2,1H3. The van der Waals surface area contributed by atoms with Crippen molar-refractivity contribution < 1.29 is 28.5 Å². The second kappa shape index (κ2) is 19.9. The van der Waals surface area contributed by atoms with E-state index in [0.29, 0.717) is 5.75 Å². The fourth-order valence-electron chi connectivity index (χ4n) is 7.29. The fourth-order valence-corrected chi connectivity index (χ4v) is 7.52. The highest BCUT2D eigenvalue weighted by Crippen LogP contribution is 2.38. The number of esters is 2. The van der Waals surface area contributed by atoms with E-state index in [1.54, 1.807) is 7.11 Å². The molecule has 9 heteroatoms. The molecule has 0 amide bonds. The number of benzene rings is 6. The Bertz CT molecular complexity index is 2630. The van der Waals surface area contributed by atoms with E-state index >= 15 is 0 Å². The average molecular weight is 842 g/mol. The number of hydrogen-bond donors (Lipinski definition) is 0. The van der Waals surface area contributed by atoms with Gasteiger partial charge < -0.3 is 28.1 Å². The molecule has 0 unspecified atom stereocenters. The molecule has 58 heavy (non-hydrogen) atoms. The molecule has 0 aliphatic carbocycles. The van der Waals surface area contributed by atoms with Crippen molar-refractivity contribution in [1.82, 2.24) is 9.13 Å². The molecule has 298 valence electrons. The molecule has 0 fully saturated rings. The number of ether oxygens (including phenoxy) is 4. The van der Waals surface area contributed by atoms with Crippen molar-refractivity contribution in [3.8, 4) is 11.5 Å². The number of fused-ring (bicyclic) bond motifs is 6. The Labute approximate surface area is 348 Å². The van der Waals surface area contributed by atoms with E-state index in [-0.39, 0.29) is 23.9 Å². The molecule has 0 spiro atoms. The van der Waals surface area contributed by atoms with Crippen molar-refractivity contribution in [2.24, 2.45) is 0 Å². The Hall–Kier alpha value is -6.06. The van der Waals surface area contributed by atoms with Gasteiger partial charge in [0, 0.05) is 46.0 Å². The molecule has 0 radical (unpaired) electrons. The highest BCUT2D eigenvalue weighted by molar-refractivity contribution is 9.09. The van der Waals surface area contributed by atoms with Crippen molar-refractivity contribution in [1.29, 1.82) is 0 Å². The molecule has 0 aliphatic heterocycles. The SMILES string of the molecule is CCc1cc2c(OC)cc3ccccc3c2n1Cc1ccccc1.CCc1cc2c(OCC(=O)OC)cc3ccccc3c2n1Cc1ccccc1.COC(=O)CBr. The summed E-state index contributed by atoms with van der Waals surface area (Å²) >= 11 is 2.90. The third-order valence-electron chi connectivity index (χ3n) is 10.1. The maximum atomic E-state index is 11.6. The highest BCUT2D eigenvalue weighted by atomic mass is 79.9. The van der Waals surface area contributed by atoms with Gasteiger partial charge in [-0.25, -0.2) is 4.79 Å². The van der Waals surface area contributed by atoms with Gasteiger partial charge in [-0.1, -0.05) is 139 Å². The van der Waals surface area contributed by atoms with E-state index in [2.05, 4.69) is 159 Å². The lowest BCUT2D eigenvalue weighted by Crippen LogP contribution is -2.12. The molecule has 0 saturated carbocycles. The first-order valence-corrected chi connectivity index (χ1v) is 20.5. The molecule has 8 aromatic rings. The molecule has 0 bridgehead atoms. The van der Waals surface area contributed by atoms with Crippen molar-refractivity contribution in [3.05, 3.63) is 156 Å². The first-order valence-electron chi connectivity index (χ1n) is 19.4. The van der Waals surface area contributed by atoms with Crippen molar-refractivity contribution in [2.45, 2.75) is 39.8 Å². The molecular weight excluding hydrogens is 792 g/mol. The maximum Gasteiger partial charge on any atom is 0.343 e. The monoisotopic (exact) mass is 840 g/mol. The van der Waals surface area contributed by atoms with E-state index in [4.69, 9.17) is 14.2 Å². The van der Waals surface area contributed by atoms with E-state index in [1.165, 1.54) is 63.8 Å². The average Bonchev–Trinajstić information content (AvgIpc) is 3.84. The number of hydrogen-bond acceptors (Lipinski definition) is 6. The fraction of sp³-hybridized carbons (Fsp3) is 0.224. The van der Waals surface area contributed by atoms with Gasteiger partial charge in [-0.15, -0.1) is 0 Å². The smallest absolute Gasteiger partial charge is 0.343 e. The Morgan fingerprint density at radius 3 is 1.38 bits per heavy atom. The quantitative estimate of drug-likeness (QED) is 0.0953. The van der Waals surface area contributed by atoms with Crippen LogP contribution in [-0.2, 0) is 45.0 Å². The number of aryl methyl sites for hydroxylation is 2. The first kappa shape index (κ1) is 41.6. The van der Waals surface area contributed by atoms with Crippen LogP contribution in [-0.4, -0.2) is 54.3 Å². The summed E-state index contributed by atoms with van der Waals surface area (Å²) in [5.41, 5.74) is 7.54. The van der Waals surface area contributed by atoms with Gasteiger partial charge in [-0.05, 0) is 59.0 Å². The first-order chi connectivity index (χ1) is 28.3. The number of alkyl halides is 1. The third kappa shape index (κ3) is 9.38. The second-order valence-corrected chi connectivity index (χ2v) is 14.2. The van der Waals surface area contributed by atoms with Crippen LogP contribution in [0.25, 0.3) is 43.4 Å². The van der Waals surface area contributed by atoms with E-state index in [9.17, 15) is 9.59 Å². The summed E-state index contributed by atoms with van der Waals surface area (Å²) in [7, 11) is 4.47. The highest BCUT2D eigenvalue weighted by Gasteiger charge is 2.18. The summed E-state index contributed by atoms with van der Waals surface area (Å²) in [6.45, 7) is 5.94. The maximum absolute atomic E-state index is 11.6. The number of rotatable bonds is 11. The summed E-state index contributed by atoms with van der Waals surface area (Å²) in [5.74, 6) is 1.03. The number of carbonyl (C=O) groups is 2. The van der Waals surface area contributed by atoms with Crippen molar-refractivity contribution in [3.63, 3.8) is 0 Å². The molecule has 8 rings (SSSR count). The minimum atomic E-state index is -0.388. The van der Waals surface area contributed by atoms with Gasteiger partial charge in [0.1, 0.15) is 16.8 Å². The topological polar surface area (TPSA) is 80.9 Å². The lowest BCUT2D eigenvalue weighted by Gasteiger charge is -2.13. The second-order valence-electron chi connectivity index (χ2n) is 13.6. The summed E-state index contributed by atoms with van der Waals surface area (Å²) in [6, 6.07) is 46.6. The number of aromatic nitrogens is 2. The molecule has 0 atom stereocenters. The lowest BCUT2D eigenvalue weighted by atomic mass is 10.1. The molecule has 2 aromatic heterocycles. The van der Waals surface area contributed by atoms with Gasteiger partial charge in [0.2, 0.25) is 0 Å². The zero-order valence-electron chi connectivity index (χ0n) is 33.7. The van der Waals surface area contributed by atoms with E-state index in [0.717, 1.165) is 48.0 Å². The van der Waals surface area contributed by atoms with Gasteiger partial charge in [0.05, 0.1) is 32.4 Å². The van der Waals surface area contributed by atoms with Crippen LogP contribution >= 0.6 is 15.9 Å². The van der Waals surface area contributed by atoms with Crippen LogP contribution in [0.4, 0.5) is 0 Å². The number of carbonyl (C=O) groups excluding carboxylic acids is 2. The van der Waals surface area contributed by atoms with Gasteiger partial charge in [0.25, 0.3) is 0 Å². The molecular formula is C49H49BrN2O6. The van der Waals surface area contributed by atoms with Crippen molar-refractivity contribution >= 4 is 71.2 Å². The minimum absolute atomic E-state index is 0.102. The van der Waals surface area contributed by atoms with E-state index in [1.807, 2.05) is 18.2 Å². The largest absolute Gasteiger partial charge is 0.496 e. The zero-order valence-corrected chi connectivity index (χ0v) is 35.3. The zero-order chi connectivity index (χ0) is 41.0. The van der Waals surface area contributed by atoms with E-state index < -0.39 is 0 Å². The molecule has 0 N–H and O–H groups in total. The molecule has 6 aromatic carbocycles. The Balaban J connectivity index is 0.000000173. The summed E-state index contributed by atoms with van der Waals surface area (Å²) in [5, 5.41) is 7.27.